The van der Waals surface area contributed by atoms with Gasteiger partial charge < -0.3 is 24.3 Å². The molecule has 140 valence electrons. The van der Waals surface area contributed by atoms with Crippen molar-refractivity contribution in [1.29, 1.82) is 0 Å². The first-order valence-electron chi connectivity index (χ1n) is 8.33. The number of hydrogen-bond acceptors (Lipinski definition) is 6. The van der Waals surface area contributed by atoms with Crippen LogP contribution in [-0.2, 0) is 11.3 Å². The number of rotatable bonds is 7. The Bertz CT molecular complexity index is 1010. The van der Waals surface area contributed by atoms with Crippen molar-refractivity contribution in [3.63, 3.8) is 0 Å². The van der Waals surface area contributed by atoms with Crippen LogP contribution in [0.4, 0.5) is 11.4 Å². The molecule has 0 unspecified atom stereocenters. The van der Waals surface area contributed by atoms with E-state index in [2.05, 4.69) is 10.2 Å². The first-order chi connectivity index (χ1) is 13.0. The van der Waals surface area contributed by atoms with Crippen LogP contribution in [0.3, 0.4) is 0 Å². The monoisotopic (exact) mass is 386 g/mol. The smallest absolute Gasteiger partial charge is 0.220 e. The summed E-state index contributed by atoms with van der Waals surface area (Å²) >= 11 is 6.06. The van der Waals surface area contributed by atoms with Gasteiger partial charge in [-0.25, -0.2) is 0 Å². The number of ether oxygens (including phenoxy) is 1. The highest BCUT2D eigenvalue weighted by molar-refractivity contribution is 6.33. The number of benzene rings is 2. The van der Waals surface area contributed by atoms with E-state index in [1.165, 1.54) is 18.2 Å². The fourth-order valence-corrected chi connectivity index (χ4v) is 2.87. The second-order valence-corrected chi connectivity index (χ2v) is 6.10. The number of halogens is 1. The predicted octanol–water partition coefficient (Wildman–Crippen LogP) is 3.82. The molecule has 0 saturated heterocycles. The van der Waals surface area contributed by atoms with Crippen molar-refractivity contribution in [2.45, 2.75) is 13.5 Å². The maximum Gasteiger partial charge on any atom is 0.220 e. The fourth-order valence-electron chi connectivity index (χ4n) is 2.72. The number of fused-ring (bicyclic) bond motifs is 1. The van der Waals surface area contributed by atoms with Gasteiger partial charge in [-0.1, -0.05) is 35.9 Å². The number of carbonyl (C=O) groups is 1. The van der Waals surface area contributed by atoms with E-state index >= 15 is 0 Å². The van der Waals surface area contributed by atoms with Gasteiger partial charge in [-0.3, -0.25) is 0 Å². The molecule has 1 aromatic heterocycles. The standard InChI is InChI=1S/C19H18ClN3O4/c1-2-27-10-9-23-16-6-4-3-5-13(16)17(18(23)24)22-21-15-11-12(19(25)26)7-8-14(15)20/h3-8,11,24H,2,9-10H2,1H3,(H,25,26)/p-1. The molecule has 0 spiro atoms. The molecule has 1 N–H and O–H groups in total. The third kappa shape index (κ3) is 3.94. The topological polar surface area (TPSA) is 99.2 Å². The quantitative estimate of drug-likeness (QED) is 0.492. The van der Waals surface area contributed by atoms with Crippen LogP contribution in [0.1, 0.15) is 17.3 Å². The van der Waals surface area contributed by atoms with E-state index < -0.39 is 5.97 Å². The minimum atomic E-state index is -1.33. The van der Waals surface area contributed by atoms with Crippen molar-refractivity contribution in [3.05, 3.63) is 53.1 Å². The molecule has 0 atom stereocenters. The SMILES string of the molecule is CCOCCn1c(O)c(N=Nc2cc(C(=O)[O-])ccc2Cl)c2ccccc21. The van der Waals surface area contributed by atoms with Crippen molar-refractivity contribution in [2.75, 3.05) is 13.2 Å². The number of aromatic hydroxyl groups is 1. The molecule has 3 rings (SSSR count). The van der Waals surface area contributed by atoms with Crippen molar-refractivity contribution >= 4 is 39.8 Å². The average molecular weight is 387 g/mol. The molecule has 0 aliphatic carbocycles. The van der Waals surface area contributed by atoms with Crippen LogP contribution in [0.25, 0.3) is 10.9 Å². The fraction of sp³-hybridized carbons (Fsp3) is 0.211. The van der Waals surface area contributed by atoms with Crippen LogP contribution in [0, 0.1) is 0 Å². The van der Waals surface area contributed by atoms with Crippen molar-refractivity contribution in [2.24, 2.45) is 10.2 Å². The molecule has 1 heterocycles. The molecule has 8 heteroatoms. The van der Waals surface area contributed by atoms with Crippen molar-refractivity contribution in [1.82, 2.24) is 4.57 Å². The molecule has 3 aromatic rings. The summed E-state index contributed by atoms with van der Waals surface area (Å²) in [5, 5.41) is 30.8. The number of carboxylic acids is 1. The van der Waals surface area contributed by atoms with Gasteiger partial charge in [-0.2, -0.15) is 0 Å². The van der Waals surface area contributed by atoms with Crippen LogP contribution in [0.5, 0.6) is 5.88 Å². The van der Waals surface area contributed by atoms with Crippen LogP contribution in [0.2, 0.25) is 5.02 Å². The lowest BCUT2D eigenvalue weighted by molar-refractivity contribution is -0.255. The van der Waals surface area contributed by atoms with Gasteiger partial charge in [0.1, 0.15) is 5.69 Å². The maximum atomic E-state index is 11.0. The molecular formula is C19H17ClN3O4-. The van der Waals surface area contributed by atoms with Crippen LogP contribution in [0.15, 0.2) is 52.7 Å². The first kappa shape index (κ1) is 18.9. The third-order valence-corrected chi connectivity index (χ3v) is 4.34. The van der Waals surface area contributed by atoms with E-state index in [4.69, 9.17) is 16.3 Å². The summed E-state index contributed by atoms with van der Waals surface area (Å²) < 4.78 is 7.06. The second kappa shape index (κ2) is 8.20. The number of azo groups is 1. The molecule has 0 saturated carbocycles. The number of carbonyl (C=O) groups excluding carboxylic acids is 1. The van der Waals surface area contributed by atoms with E-state index in [0.717, 1.165) is 5.52 Å². The summed E-state index contributed by atoms with van der Waals surface area (Å²) in [4.78, 5) is 11.0. The molecule has 27 heavy (non-hydrogen) atoms. The number of para-hydroxylation sites is 1. The predicted molar refractivity (Wildman–Crippen MR) is 100 cm³/mol. The van der Waals surface area contributed by atoms with Crippen LogP contribution in [-0.4, -0.2) is 28.9 Å². The second-order valence-electron chi connectivity index (χ2n) is 5.69. The lowest BCUT2D eigenvalue weighted by Crippen LogP contribution is -2.21. The van der Waals surface area contributed by atoms with Crippen LogP contribution < -0.4 is 5.11 Å². The van der Waals surface area contributed by atoms with Gasteiger partial charge in [0.25, 0.3) is 0 Å². The van der Waals surface area contributed by atoms with E-state index in [0.29, 0.717) is 25.1 Å². The number of nitrogens with zero attached hydrogens (tertiary/aromatic N) is 3. The third-order valence-electron chi connectivity index (χ3n) is 4.02. The Balaban J connectivity index is 2.02. The van der Waals surface area contributed by atoms with Gasteiger partial charge in [0.15, 0.2) is 5.69 Å². The lowest BCUT2D eigenvalue weighted by atomic mass is 10.2. The Morgan fingerprint density at radius 3 is 2.78 bits per heavy atom. The largest absolute Gasteiger partial charge is 0.545 e. The summed E-state index contributed by atoms with van der Waals surface area (Å²) in [6, 6.07) is 11.4. The minimum absolute atomic E-state index is 0.0492. The summed E-state index contributed by atoms with van der Waals surface area (Å²) in [6.07, 6.45) is 0. The normalized spacial score (nSPS) is 11.5. The molecule has 7 nitrogen and oxygen atoms in total. The highest BCUT2D eigenvalue weighted by Crippen LogP contribution is 2.40. The van der Waals surface area contributed by atoms with E-state index in [1.807, 2.05) is 31.2 Å². The summed E-state index contributed by atoms with van der Waals surface area (Å²) in [5.74, 6) is -1.38. The van der Waals surface area contributed by atoms with Crippen molar-refractivity contribution in [3.8, 4) is 5.88 Å². The van der Waals surface area contributed by atoms with Gasteiger partial charge in [0, 0.05) is 18.5 Å². The zero-order valence-electron chi connectivity index (χ0n) is 14.6. The molecular weight excluding hydrogens is 370 g/mol. The lowest BCUT2D eigenvalue weighted by Gasteiger charge is -2.06. The van der Waals surface area contributed by atoms with E-state index in [1.54, 1.807) is 4.57 Å². The summed E-state index contributed by atoms with van der Waals surface area (Å²) in [7, 11) is 0. The Morgan fingerprint density at radius 2 is 2.04 bits per heavy atom. The molecule has 0 amide bonds. The van der Waals surface area contributed by atoms with Crippen LogP contribution >= 0.6 is 11.6 Å². The minimum Gasteiger partial charge on any atom is -0.545 e. The number of aromatic nitrogens is 1. The van der Waals surface area contributed by atoms with Gasteiger partial charge in [-0.15, -0.1) is 10.2 Å². The van der Waals surface area contributed by atoms with Gasteiger partial charge in [0.05, 0.1) is 23.1 Å². The Kier molecular flexibility index (Phi) is 5.73. The highest BCUT2D eigenvalue weighted by Gasteiger charge is 2.16. The number of hydrogen-bond donors (Lipinski definition) is 1. The Hall–Kier alpha value is -2.90. The molecule has 0 bridgehead atoms. The average Bonchev–Trinajstić information content (AvgIpc) is 2.93. The zero-order chi connectivity index (χ0) is 19.4. The molecule has 2 aromatic carbocycles. The van der Waals surface area contributed by atoms with E-state index in [-0.39, 0.29) is 27.8 Å². The highest BCUT2D eigenvalue weighted by atomic mass is 35.5. The Labute approximate surface area is 160 Å². The molecule has 0 aliphatic rings. The van der Waals surface area contributed by atoms with Gasteiger partial charge in [-0.05, 0) is 30.7 Å². The van der Waals surface area contributed by atoms with Gasteiger partial charge in [0.2, 0.25) is 5.88 Å². The summed E-state index contributed by atoms with van der Waals surface area (Å²) in [6.45, 7) is 3.38. The van der Waals surface area contributed by atoms with Gasteiger partial charge >= 0.3 is 0 Å². The molecule has 0 fully saturated rings. The number of carboxylic acid groups (broad SMARTS) is 1. The number of aromatic carboxylic acids is 1. The maximum absolute atomic E-state index is 11.0. The Morgan fingerprint density at radius 1 is 1.26 bits per heavy atom. The molecule has 0 aliphatic heterocycles. The summed E-state index contributed by atoms with van der Waals surface area (Å²) in [5.41, 5.74) is 1.18. The zero-order valence-corrected chi connectivity index (χ0v) is 15.3. The van der Waals surface area contributed by atoms with Crippen molar-refractivity contribution < 1.29 is 19.7 Å². The van der Waals surface area contributed by atoms with E-state index in [9.17, 15) is 15.0 Å². The first-order valence-corrected chi connectivity index (χ1v) is 8.71. The molecule has 0 radical (unpaired) electrons.